The van der Waals surface area contributed by atoms with E-state index in [4.69, 9.17) is 0 Å². The van der Waals surface area contributed by atoms with Crippen molar-refractivity contribution in [3.05, 3.63) is 27.4 Å². The summed E-state index contributed by atoms with van der Waals surface area (Å²) >= 11 is 1.79. The van der Waals surface area contributed by atoms with E-state index in [1.165, 1.54) is 12.8 Å². The third kappa shape index (κ3) is 2.67. The Hall–Kier alpha value is -0.770. The van der Waals surface area contributed by atoms with Gasteiger partial charge in [-0.05, 0) is 31.4 Å². The van der Waals surface area contributed by atoms with Crippen LogP contribution in [0.3, 0.4) is 0 Å². The molecule has 0 amide bonds. The van der Waals surface area contributed by atoms with Gasteiger partial charge in [-0.1, -0.05) is 13.3 Å². The molecule has 0 atom stereocenters. The van der Waals surface area contributed by atoms with Gasteiger partial charge in [0.15, 0.2) is 0 Å². The summed E-state index contributed by atoms with van der Waals surface area (Å²) < 4.78 is 0. The van der Waals surface area contributed by atoms with Crippen LogP contribution in [0.5, 0.6) is 0 Å². The van der Waals surface area contributed by atoms with Crippen LogP contribution in [-0.4, -0.2) is 15.7 Å². The molecule has 4 heteroatoms. The highest BCUT2D eigenvalue weighted by Gasteiger charge is 2.13. The lowest BCUT2D eigenvalue weighted by Crippen LogP contribution is -2.19. The van der Waals surface area contributed by atoms with Crippen molar-refractivity contribution in [1.29, 1.82) is 0 Å². The smallest absolute Gasteiger partial charge is 0.254 e. The highest BCUT2D eigenvalue weighted by Crippen LogP contribution is 2.16. The standard InChI is InChI=1S/C12H18N2OS/c1-2-16-8-11-13-10-7-5-3-4-6-9(10)12(15)14-11/h2-8H2,1H3,(H,13,14,15). The highest BCUT2D eigenvalue weighted by atomic mass is 32.2. The first-order chi connectivity index (χ1) is 7.81. The summed E-state index contributed by atoms with van der Waals surface area (Å²) in [6.07, 6.45) is 5.39. The molecule has 16 heavy (non-hydrogen) atoms. The monoisotopic (exact) mass is 238 g/mol. The van der Waals surface area contributed by atoms with Crippen LogP contribution in [0.2, 0.25) is 0 Å². The summed E-state index contributed by atoms with van der Waals surface area (Å²) in [4.78, 5) is 19.4. The molecule has 1 aromatic rings. The molecule has 0 bridgehead atoms. The molecule has 88 valence electrons. The molecule has 1 aliphatic rings. The Kier molecular flexibility index (Phi) is 4.04. The first-order valence-electron chi connectivity index (χ1n) is 6.00. The molecule has 1 heterocycles. The lowest BCUT2D eigenvalue weighted by Gasteiger charge is -2.06. The van der Waals surface area contributed by atoms with E-state index in [-0.39, 0.29) is 5.56 Å². The number of aromatic amines is 1. The van der Waals surface area contributed by atoms with Gasteiger partial charge in [0.2, 0.25) is 0 Å². The highest BCUT2D eigenvalue weighted by molar-refractivity contribution is 7.98. The molecule has 0 radical (unpaired) electrons. The summed E-state index contributed by atoms with van der Waals surface area (Å²) in [5.41, 5.74) is 2.08. The van der Waals surface area contributed by atoms with Crippen molar-refractivity contribution >= 4 is 11.8 Å². The van der Waals surface area contributed by atoms with Gasteiger partial charge in [-0.2, -0.15) is 11.8 Å². The molecule has 0 saturated carbocycles. The van der Waals surface area contributed by atoms with Gasteiger partial charge >= 0.3 is 0 Å². The fraction of sp³-hybridized carbons (Fsp3) is 0.667. The predicted octanol–water partition coefficient (Wildman–Crippen LogP) is 2.29. The molecule has 1 N–H and O–H groups in total. The summed E-state index contributed by atoms with van der Waals surface area (Å²) in [6, 6.07) is 0. The van der Waals surface area contributed by atoms with E-state index in [0.717, 1.165) is 47.8 Å². The fourth-order valence-electron chi connectivity index (χ4n) is 2.10. The van der Waals surface area contributed by atoms with E-state index < -0.39 is 0 Å². The summed E-state index contributed by atoms with van der Waals surface area (Å²) in [7, 11) is 0. The maximum Gasteiger partial charge on any atom is 0.254 e. The lowest BCUT2D eigenvalue weighted by atomic mass is 10.1. The van der Waals surface area contributed by atoms with Crippen molar-refractivity contribution < 1.29 is 0 Å². The lowest BCUT2D eigenvalue weighted by molar-refractivity contribution is 0.708. The van der Waals surface area contributed by atoms with Crippen LogP contribution in [0, 0.1) is 0 Å². The van der Waals surface area contributed by atoms with Gasteiger partial charge in [-0.15, -0.1) is 0 Å². The second-order valence-corrected chi connectivity index (χ2v) is 5.41. The Bertz CT molecular complexity index is 414. The van der Waals surface area contributed by atoms with Crippen LogP contribution in [0.15, 0.2) is 4.79 Å². The minimum absolute atomic E-state index is 0.0959. The minimum atomic E-state index is 0.0959. The van der Waals surface area contributed by atoms with Crippen molar-refractivity contribution in [2.24, 2.45) is 0 Å². The van der Waals surface area contributed by atoms with Crippen molar-refractivity contribution in [3.63, 3.8) is 0 Å². The van der Waals surface area contributed by atoms with Crippen molar-refractivity contribution in [2.45, 2.75) is 44.8 Å². The first-order valence-corrected chi connectivity index (χ1v) is 7.15. The molecule has 1 aromatic heterocycles. The number of aromatic nitrogens is 2. The van der Waals surface area contributed by atoms with Gasteiger partial charge in [0.1, 0.15) is 5.82 Å². The zero-order valence-corrected chi connectivity index (χ0v) is 10.5. The van der Waals surface area contributed by atoms with Crippen LogP contribution >= 0.6 is 11.8 Å². The Balaban J connectivity index is 2.28. The van der Waals surface area contributed by atoms with Crippen LogP contribution < -0.4 is 5.56 Å². The number of fused-ring (bicyclic) bond motifs is 1. The molecule has 0 aromatic carbocycles. The average Bonchev–Trinajstić information content (AvgIpc) is 2.51. The maximum absolute atomic E-state index is 11.9. The number of thioether (sulfide) groups is 1. The van der Waals surface area contributed by atoms with E-state index >= 15 is 0 Å². The average molecular weight is 238 g/mol. The minimum Gasteiger partial charge on any atom is -0.310 e. The number of nitrogens with one attached hydrogen (secondary N) is 1. The number of hydrogen-bond acceptors (Lipinski definition) is 3. The largest absolute Gasteiger partial charge is 0.310 e. The molecule has 0 saturated heterocycles. The summed E-state index contributed by atoms with van der Waals surface area (Å²) in [6.45, 7) is 2.12. The third-order valence-corrected chi connectivity index (χ3v) is 3.82. The molecule has 3 nitrogen and oxygen atoms in total. The van der Waals surface area contributed by atoms with E-state index in [0.29, 0.717) is 0 Å². The molecular weight excluding hydrogens is 220 g/mol. The third-order valence-electron chi connectivity index (χ3n) is 2.93. The summed E-state index contributed by atoms with van der Waals surface area (Å²) in [5.74, 6) is 2.72. The Morgan fingerprint density at radius 2 is 2.12 bits per heavy atom. The van der Waals surface area contributed by atoms with Crippen LogP contribution in [-0.2, 0) is 18.6 Å². The van der Waals surface area contributed by atoms with E-state index in [2.05, 4.69) is 16.9 Å². The number of aryl methyl sites for hydroxylation is 1. The Morgan fingerprint density at radius 1 is 1.31 bits per heavy atom. The van der Waals surface area contributed by atoms with Gasteiger partial charge in [-0.3, -0.25) is 4.79 Å². The zero-order chi connectivity index (χ0) is 11.4. The van der Waals surface area contributed by atoms with Crippen LogP contribution in [0.1, 0.15) is 43.3 Å². The van der Waals surface area contributed by atoms with E-state index in [1.807, 2.05) is 0 Å². The maximum atomic E-state index is 11.9. The van der Waals surface area contributed by atoms with E-state index in [9.17, 15) is 4.79 Å². The van der Waals surface area contributed by atoms with Gasteiger partial charge in [0.25, 0.3) is 5.56 Å². The quantitative estimate of drug-likeness (QED) is 0.822. The van der Waals surface area contributed by atoms with Crippen molar-refractivity contribution in [2.75, 3.05) is 5.75 Å². The normalized spacial score (nSPS) is 15.6. The molecule has 0 spiro atoms. The van der Waals surface area contributed by atoms with Gasteiger partial charge in [-0.25, -0.2) is 4.98 Å². The SMILES string of the molecule is CCSCc1nc2c(c(=O)[nH]1)CCCCC2. The van der Waals surface area contributed by atoms with Crippen molar-refractivity contribution in [1.82, 2.24) is 9.97 Å². The van der Waals surface area contributed by atoms with Gasteiger partial charge in [0.05, 0.1) is 11.4 Å². The molecule has 1 aliphatic carbocycles. The second kappa shape index (κ2) is 5.53. The number of H-pyrrole nitrogens is 1. The molecule has 0 unspecified atom stereocenters. The first kappa shape index (κ1) is 11.7. The second-order valence-electron chi connectivity index (χ2n) is 4.14. The van der Waals surface area contributed by atoms with Crippen molar-refractivity contribution in [3.8, 4) is 0 Å². The number of nitrogens with zero attached hydrogens (tertiary/aromatic N) is 1. The number of rotatable bonds is 3. The summed E-state index contributed by atoms with van der Waals surface area (Å²) in [5, 5.41) is 0. The number of hydrogen-bond donors (Lipinski definition) is 1. The molecular formula is C12H18N2OS. The molecule has 0 aliphatic heterocycles. The molecule has 0 fully saturated rings. The van der Waals surface area contributed by atoms with E-state index in [1.54, 1.807) is 11.8 Å². The molecule has 2 rings (SSSR count). The predicted molar refractivity (Wildman–Crippen MR) is 68.0 cm³/mol. The zero-order valence-electron chi connectivity index (χ0n) is 9.71. The fourth-order valence-corrected chi connectivity index (χ4v) is 2.63. The topological polar surface area (TPSA) is 45.8 Å². The van der Waals surface area contributed by atoms with Gasteiger partial charge < -0.3 is 4.98 Å². The van der Waals surface area contributed by atoms with Crippen LogP contribution in [0.4, 0.5) is 0 Å². The Labute approximate surface area is 100 Å². The van der Waals surface area contributed by atoms with Gasteiger partial charge in [0, 0.05) is 5.56 Å². The Morgan fingerprint density at radius 3 is 2.94 bits per heavy atom. The van der Waals surface area contributed by atoms with Crippen LogP contribution in [0.25, 0.3) is 0 Å².